The molecule has 1 aliphatic heterocycles. The Labute approximate surface area is 139 Å². The molecule has 1 fully saturated rings. The van der Waals surface area contributed by atoms with Gasteiger partial charge in [-0.1, -0.05) is 0 Å². The Kier molecular flexibility index (Phi) is 7.36. The Hall–Kier alpha value is -1.46. The molecule has 10 heteroatoms. The van der Waals surface area contributed by atoms with Crippen LogP contribution >= 0.6 is 0 Å². The van der Waals surface area contributed by atoms with E-state index in [9.17, 15) is 24.9 Å². The van der Waals surface area contributed by atoms with Crippen molar-refractivity contribution < 1.29 is 43.9 Å². The number of aliphatic hydroxyl groups excluding tert-OH is 3. The van der Waals surface area contributed by atoms with Gasteiger partial charge in [0.25, 0.3) is 0 Å². The van der Waals surface area contributed by atoms with Crippen LogP contribution in [0.2, 0.25) is 0 Å². The van der Waals surface area contributed by atoms with Gasteiger partial charge in [-0.05, 0) is 20.8 Å². The van der Waals surface area contributed by atoms with Crippen LogP contribution in [0.5, 0.6) is 0 Å². The average molecular weight is 351 g/mol. The second kappa shape index (κ2) is 8.58. The maximum absolute atomic E-state index is 11.6. The fraction of sp³-hybridized carbons (Fsp3) is 0.857. The minimum atomic E-state index is -1.51. The summed E-state index contributed by atoms with van der Waals surface area (Å²) in [6.07, 6.45) is -7.41. The van der Waals surface area contributed by atoms with Gasteiger partial charge in [0, 0.05) is 7.11 Å². The lowest BCUT2D eigenvalue weighted by Gasteiger charge is -2.39. The average Bonchev–Trinajstić information content (AvgIpc) is 2.48. The predicted octanol–water partition coefficient (Wildman–Crippen LogP) is -1.49. The molecule has 1 saturated heterocycles. The number of carbonyl (C=O) groups excluding carboxylic acids is 2. The normalized spacial score (nSPS) is 30.5. The van der Waals surface area contributed by atoms with Gasteiger partial charge in [-0.2, -0.15) is 0 Å². The fourth-order valence-electron chi connectivity index (χ4n) is 1.93. The maximum atomic E-state index is 11.6. The van der Waals surface area contributed by atoms with E-state index in [1.54, 1.807) is 20.8 Å². The van der Waals surface area contributed by atoms with E-state index in [-0.39, 0.29) is 6.61 Å². The monoisotopic (exact) mass is 351 g/mol. The van der Waals surface area contributed by atoms with Gasteiger partial charge >= 0.3 is 12.1 Å². The van der Waals surface area contributed by atoms with Gasteiger partial charge in [-0.25, -0.2) is 4.79 Å². The first kappa shape index (κ1) is 20.6. The molecule has 0 radical (unpaired) electrons. The predicted molar refractivity (Wildman–Crippen MR) is 78.9 cm³/mol. The van der Waals surface area contributed by atoms with Gasteiger partial charge < -0.3 is 39.6 Å². The third kappa shape index (κ3) is 6.21. The quantitative estimate of drug-likeness (QED) is 0.435. The Morgan fingerprint density at radius 3 is 2.29 bits per heavy atom. The van der Waals surface area contributed by atoms with Crippen molar-refractivity contribution in [2.24, 2.45) is 0 Å². The largest absolute Gasteiger partial charge is 0.461 e. The molecule has 5 atom stereocenters. The molecule has 0 aromatic carbocycles. The van der Waals surface area contributed by atoms with E-state index in [1.165, 1.54) is 7.11 Å². The maximum Gasteiger partial charge on any atom is 0.408 e. The Morgan fingerprint density at radius 1 is 1.12 bits per heavy atom. The molecule has 0 unspecified atom stereocenters. The number of amides is 1. The number of hydrogen-bond acceptors (Lipinski definition) is 9. The Balaban J connectivity index is 2.39. The lowest BCUT2D eigenvalue weighted by molar-refractivity contribution is -0.295. The second-order valence-corrected chi connectivity index (χ2v) is 6.29. The molecule has 1 heterocycles. The van der Waals surface area contributed by atoms with E-state index >= 15 is 0 Å². The van der Waals surface area contributed by atoms with Crippen molar-refractivity contribution in [3.8, 4) is 0 Å². The zero-order valence-corrected chi connectivity index (χ0v) is 14.1. The van der Waals surface area contributed by atoms with Gasteiger partial charge in [0.05, 0.1) is 0 Å². The molecule has 0 aromatic rings. The van der Waals surface area contributed by atoms with Gasteiger partial charge in [0.15, 0.2) is 6.29 Å². The van der Waals surface area contributed by atoms with Crippen molar-refractivity contribution in [1.29, 1.82) is 0 Å². The lowest BCUT2D eigenvalue weighted by Crippen LogP contribution is -2.59. The van der Waals surface area contributed by atoms with Crippen LogP contribution in [0.1, 0.15) is 20.8 Å². The highest BCUT2D eigenvalue weighted by molar-refractivity contribution is 5.78. The third-order valence-corrected chi connectivity index (χ3v) is 3.09. The number of methoxy groups -OCH3 is 1. The van der Waals surface area contributed by atoms with Crippen LogP contribution in [0, 0.1) is 0 Å². The number of esters is 1. The highest BCUT2D eigenvalue weighted by Gasteiger charge is 2.44. The summed E-state index contributed by atoms with van der Waals surface area (Å²) in [4.78, 5) is 23.0. The molecule has 1 amide bonds. The summed E-state index contributed by atoms with van der Waals surface area (Å²) < 4.78 is 19.8. The minimum Gasteiger partial charge on any atom is -0.461 e. The molecular weight excluding hydrogens is 326 g/mol. The van der Waals surface area contributed by atoms with E-state index < -0.39 is 54.9 Å². The molecule has 1 rings (SSSR count). The lowest BCUT2D eigenvalue weighted by atomic mass is 9.99. The number of aliphatic hydroxyl groups is 3. The van der Waals surface area contributed by atoms with Crippen LogP contribution in [0.25, 0.3) is 0 Å². The fourth-order valence-corrected chi connectivity index (χ4v) is 1.93. The van der Waals surface area contributed by atoms with E-state index in [0.29, 0.717) is 0 Å². The van der Waals surface area contributed by atoms with Gasteiger partial charge in [0.2, 0.25) is 0 Å². The summed E-state index contributed by atoms with van der Waals surface area (Å²) >= 11 is 0. The van der Waals surface area contributed by atoms with E-state index in [4.69, 9.17) is 18.9 Å². The standard InChI is InChI=1S/C14H25NO9/c1-14(2,3)24-13(20)15-5-8(16)22-6-7-9(17)10(18)11(19)12(21-4)23-7/h7,9-12,17-19H,5-6H2,1-4H3,(H,15,20)/t7-,9-,10-,11-,12+/m0/s1. The number of carbonyl (C=O) groups is 2. The van der Waals surface area contributed by atoms with E-state index in [1.807, 2.05) is 0 Å². The smallest absolute Gasteiger partial charge is 0.408 e. The number of alkyl carbamates (subject to hydrolysis) is 1. The highest BCUT2D eigenvalue weighted by Crippen LogP contribution is 2.21. The molecule has 0 aromatic heterocycles. The topological polar surface area (TPSA) is 144 Å². The van der Waals surface area contributed by atoms with Crippen LogP contribution in [0.4, 0.5) is 4.79 Å². The zero-order valence-electron chi connectivity index (χ0n) is 14.1. The third-order valence-electron chi connectivity index (χ3n) is 3.09. The van der Waals surface area contributed by atoms with Crippen molar-refractivity contribution >= 4 is 12.1 Å². The Bertz CT molecular complexity index is 434. The summed E-state index contributed by atoms with van der Waals surface area (Å²) in [6.45, 7) is 4.21. The van der Waals surface area contributed by atoms with Crippen LogP contribution < -0.4 is 5.32 Å². The number of ether oxygens (including phenoxy) is 4. The van der Waals surface area contributed by atoms with Crippen LogP contribution in [0.3, 0.4) is 0 Å². The summed E-state index contributed by atoms with van der Waals surface area (Å²) in [7, 11) is 1.26. The first-order chi connectivity index (χ1) is 11.0. The minimum absolute atomic E-state index is 0.389. The molecular formula is C14H25NO9. The SMILES string of the molecule is CO[C@@H]1O[C@@H](COC(=O)CNC(=O)OC(C)(C)C)[C@H](O)[C@H](O)[C@@H]1O. The summed E-state index contributed by atoms with van der Waals surface area (Å²) in [6, 6.07) is 0. The number of hydrogen-bond donors (Lipinski definition) is 4. The Morgan fingerprint density at radius 2 is 1.75 bits per heavy atom. The highest BCUT2D eigenvalue weighted by atomic mass is 16.7. The van der Waals surface area contributed by atoms with Gasteiger partial charge in [-0.15, -0.1) is 0 Å². The molecule has 24 heavy (non-hydrogen) atoms. The van der Waals surface area contributed by atoms with E-state index in [0.717, 1.165) is 0 Å². The molecule has 10 nitrogen and oxygen atoms in total. The zero-order chi connectivity index (χ0) is 18.5. The van der Waals surface area contributed by atoms with Crippen LogP contribution in [-0.4, -0.2) is 84.0 Å². The molecule has 0 saturated carbocycles. The van der Waals surface area contributed by atoms with Crippen LogP contribution in [-0.2, 0) is 23.7 Å². The number of rotatable bonds is 5. The van der Waals surface area contributed by atoms with Gasteiger partial charge in [-0.3, -0.25) is 4.79 Å². The van der Waals surface area contributed by atoms with Crippen molar-refractivity contribution in [2.45, 2.75) is 57.1 Å². The van der Waals surface area contributed by atoms with Crippen molar-refractivity contribution in [1.82, 2.24) is 5.32 Å². The van der Waals surface area contributed by atoms with Crippen LogP contribution in [0.15, 0.2) is 0 Å². The molecule has 0 aliphatic carbocycles. The van der Waals surface area contributed by atoms with E-state index in [2.05, 4.69) is 5.32 Å². The van der Waals surface area contributed by atoms with Gasteiger partial charge in [0.1, 0.15) is 43.2 Å². The van der Waals surface area contributed by atoms with Crippen molar-refractivity contribution in [3.63, 3.8) is 0 Å². The first-order valence-electron chi connectivity index (χ1n) is 7.40. The van der Waals surface area contributed by atoms with Crippen molar-refractivity contribution in [3.05, 3.63) is 0 Å². The summed E-state index contributed by atoms with van der Waals surface area (Å²) in [5, 5.41) is 31.3. The molecule has 1 aliphatic rings. The summed E-state index contributed by atoms with van der Waals surface area (Å²) in [5.74, 6) is -0.786. The molecule has 0 bridgehead atoms. The van der Waals surface area contributed by atoms with Crippen molar-refractivity contribution in [2.75, 3.05) is 20.3 Å². The molecule has 140 valence electrons. The first-order valence-corrected chi connectivity index (χ1v) is 7.40. The second-order valence-electron chi connectivity index (χ2n) is 6.29. The molecule has 0 spiro atoms. The summed E-state index contributed by atoms with van der Waals surface area (Å²) in [5.41, 5.74) is -0.694. The number of nitrogens with one attached hydrogen (secondary N) is 1. The molecule has 4 N–H and O–H groups in total.